The molecule has 0 saturated heterocycles. The molecular weight excluding hydrogens is 596 g/mol. The van der Waals surface area contributed by atoms with Crippen LogP contribution in [0.3, 0.4) is 0 Å². The van der Waals surface area contributed by atoms with Crippen LogP contribution < -0.4 is 10.5 Å². The number of para-hydroxylation sites is 1. The Kier molecular flexibility index (Phi) is 11.3. The molecule has 2 aromatic heterocycles. The number of anilines is 1. The van der Waals surface area contributed by atoms with Crippen LogP contribution in [0.4, 0.5) is 5.82 Å². The summed E-state index contributed by atoms with van der Waals surface area (Å²) in [7, 11) is 1.68. The van der Waals surface area contributed by atoms with E-state index in [0.29, 0.717) is 82.2 Å². The molecule has 252 valence electrons. The number of esters is 1. The lowest BCUT2D eigenvalue weighted by atomic mass is 9.80. The van der Waals surface area contributed by atoms with Crippen LogP contribution in [0, 0.1) is 0 Å². The molecule has 2 N–H and O–H groups in total. The van der Waals surface area contributed by atoms with Gasteiger partial charge in [0.05, 0.1) is 30.8 Å². The van der Waals surface area contributed by atoms with E-state index in [4.69, 9.17) is 24.9 Å². The number of nitrogens with two attached hydrogens (primary N) is 1. The quantitative estimate of drug-likeness (QED) is 0.159. The van der Waals surface area contributed by atoms with Gasteiger partial charge in [-0.05, 0) is 69.5 Å². The third-order valence-corrected chi connectivity index (χ3v) is 9.03. The maximum absolute atomic E-state index is 13.8. The van der Waals surface area contributed by atoms with Crippen LogP contribution in [0.1, 0.15) is 57.8 Å². The number of aryl methyl sites for hydroxylation is 1. The van der Waals surface area contributed by atoms with Gasteiger partial charge in [-0.2, -0.15) is 0 Å². The highest BCUT2D eigenvalue weighted by Gasteiger charge is 2.48. The number of aromatic nitrogens is 3. The maximum Gasteiger partial charge on any atom is 0.350 e. The molecule has 2 aromatic carbocycles. The van der Waals surface area contributed by atoms with Crippen molar-refractivity contribution in [2.75, 3.05) is 52.2 Å². The minimum Gasteiger partial charge on any atom is -0.476 e. The molecular formula is C36H48N6O5. The fourth-order valence-electron chi connectivity index (χ4n) is 6.24. The number of hydrogen-bond donors (Lipinski definition) is 1. The zero-order valence-corrected chi connectivity index (χ0v) is 28.2. The molecule has 5 rings (SSSR count). The number of methoxy groups -OCH3 is 1. The van der Waals surface area contributed by atoms with Gasteiger partial charge < -0.3 is 29.4 Å². The summed E-state index contributed by atoms with van der Waals surface area (Å²) in [4.78, 5) is 40.0. The van der Waals surface area contributed by atoms with Crippen molar-refractivity contribution in [1.82, 2.24) is 24.3 Å². The average Bonchev–Trinajstić information content (AvgIpc) is 3.43. The molecule has 1 aliphatic carbocycles. The molecule has 11 heteroatoms. The molecule has 1 aliphatic rings. The van der Waals surface area contributed by atoms with E-state index in [1.165, 1.54) is 0 Å². The highest BCUT2D eigenvalue weighted by molar-refractivity contribution is 6.06. The number of carbonyl (C=O) groups excluding carboxylic acids is 2. The molecule has 0 bridgehead atoms. The topological polar surface area (TPSA) is 125 Å². The first-order chi connectivity index (χ1) is 22.8. The van der Waals surface area contributed by atoms with Gasteiger partial charge in [0, 0.05) is 38.6 Å². The van der Waals surface area contributed by atoms with Crippen molar-refractivity contribution in [2.24, 2.45) is 0 Å². The zero-order chi connectivity index (χ0) is 33.4. The van der Waals surface area contributed by atoms with Crippen LogP contribution in [0.15, 0.2) is 48.5 Å². The summed E-state index contributed by atoms with van der Waals surface area (Å²) in [6.07, 6.45) is 3.52. The number of hydrogen-bond acceptors (Lipinski definition) is 9. The average molecular weight is 645 g/mol. The predicted molar refractivity (Wildman–Crippen MR) is 183 cm³/mol. The van der Waals surface area contributed by atoms with Crippen LogP contribution in [-0.2, 0) is 38.6 Å². The molecule has 0 unspecified atom stereocenters. The number of rotatable bonds is 17. The normalized spacial score (nSPS) is 14.0. The lowest BCUT2D eigenvalue weighted by Gasteiger charge is -2.39. The highest BCUT2D eigenvalue weighted by atomic mass is 16.6. The van der Waals surface area contributed by atoms with Gasteiger partial charge in [-0.15, -0.1) is 0 Å². The second kappa shape index (κ2) is 15.6. The van der Waals surface area contributed by atoms with Crippen molar-refractivity contribution < 1.29 is 23.8 Å². The van der Waals surface area contributed by atoms with Gasteiger partial charge in [-0.25, -0.2) is 14.8 Å². The Hall–Kier alpha value is -4.22. The highest BCUT2D eigenvalue weighted by Crippen LogP contribution is 2.38. The largest absolute Gasteiger partial charge is 0.476 e. The third kappa shape index (κ3) is 7.68. The summed E-state index contributed by atoms with van der Waals surface area (Å²) in [5, 5.41) is 0.992. The van der Waals surface area contributed by atoms with Gasteiger partial charge in [0.1, 0.15) is 17.1 Å². The molecule has 4 aromatic rings. The van der Waals surface area contributed by atoms with E-state index >= 15 is 0 Å². The van der Waals surface area contributed by atoms with Gasteiger partial charge >= 0.3 is 5.97 Å². The fourth-order valence-corrected chi connectivity index (χ4v) is 6.24. The van der Waals surface area contributed by atoms with Crippen molar-refractivity contribution in [3.8, 4) is 5.75 Å². The van der Waals surface area contributed by atoms with Gasteiger partial charge in [-0.3, -0.25) is 9.69 Å². The fraction of sp³-hybridized carbons (Fsp3) is 0.500. The summed E-state index contributed by atoms with van der Waals surface area (Å²) in [5.41, 5.74) is 8.87. The number of pyridine rings is 1. The lowest BCUT2D eigenvalue weighted by molar-refractivity contribution is -0.169. The molecule has 0 spiro atoms. The standard InChI is InChI=1S/C36H48N6O5/c1-5-40(6-2)25-31(43)41(24-26-13-10-14-27(23-26)47-36(18-11-19-36)35(44)46-7-3)20-12-21-42-30(17-22-45-4)39-32-33(42)28-15-8-9-16-29(28)38-34(32)37/h8-10,13-16,23H,5-7,11-12,17-22,24-25H2,1-4H3,(H2,37,38). The van der Waals surface area contributed by atoms with Gasteiger partial charge in [0.25, 0.3) is 0 Å². The molecule has 0 radical (unpaired) electrons. The van der Waals surface area contributed by atoms with Crippen LogP contribution >= 0.6 is 0 Å². The van der Waals surface area contributed by atoms with Gasteiger partial charge in [-0.1, -0.05) is 44.2 Å². The molecule has 1 fully saturated rings. The predicted octanol–water partition coefficient (Wildman–Crippen LogP) is 4.98. The summed E-state index contributed by atoms with van der Waals surface area (Å²) in [6, 6.07) is 15.7. The van der Waals surface area contributed by atoms with Gasteiger partial charge in [0.2, 0.25) is 11.5 Å². The summed E-state index contributed by atoms with van der Waals surface area (Å²) in [6.45, 7) is 10.3. The Morgan fingerprint density at radius 1 is 1.04 bits per heavy atom. The third-order valence-electron chi connectivity index (χ3n) is 9.03. The van der Waals surface area contributed by atoms with Crippen LogP contribution in [0.25, 0.3) is 21.9 Å². The number of benzene rings is 2. The first kappa shape index (κ1) is 34.1. The Labute approximate surface area is 277 Å². The number of nitrogen functional groups attached to an aromatic ring is 1. The Morgan fingerprint density at radius 2 is 1.83 bits per heavy atom. The molecule has 1 saturated carbocycles. The summed E-state index contributed by atoms with van der Waals surface area (Å²) >= 11 is 0. The number of fused-ring (bicyclic) bond motifs is 3. The van der Waals surface area contributed by atoms with Crippen LogP contribution in [0.2, 0.25) is 0 Å². The first-order valence-corrected chi connectivity index (χ1v) is 16.8. The minimum atomic E-state index is -0.927. The van der Waals surface area contributed by atoms with Crippen LogP contribution in [0.5, 0.6) is 5.75 Å². The number of amides is 1. The van der Waals surface area contributed by atoms with E-state index in [-0.39, 0.29) is 11.9 Å². The SMILES string of the molecule is CCOC(=O)C1(Oc2cccc(CN(CCCn3c(CCOC)nc4c(N)nc5ccccc5c43)C(=O)CN(CC)CC)c2)CCC1. The monoisotopic (exact) mass is 644 g/mol. The van der Waals surface area contributed by atoms with E-state index in [1.807, 2.05) is 53.4 Å². The summed E-state index contributed by atoms with van der Waals surface area (Å²) < 4.78 is 19.2. The van der Waals surface area contributed by atoms with E-state index in [2.05, 4.69) is 28.3 Å². The van der Waals surface area contributed by atoms with Crippen LogP contribution in [-0.4, -0.2) is 88.3 Å². The molecule has 47 heavy (non-hydrogen) atoms. The van der Waals surface area contributed by atoms with E-state index < -0.39 is 5.60 Å². The number of imidazole rings is 1. The smallest absolute Gasteiger partial charge is 0.350 e. The Balaban J connectivity index is 1.38. The minimum absolute atomic E-state index is 0.0657. The molecule has 2 heterocycles. The molecule has 1 amide bonds. The number of nitrogens with zero attached hydrogens (tertiary/aromatic N) is 5. The zero-order valence-electron chi connectivity index (χ0n) is 28.2. The van der Waals surface area contributed by atoms with E-state index in [1.54, 1.807) is 14.0 Å². The van der Waals surface area contributed by atoms with Crippen molar-refractivity contribution in [3.63, 3.8) is 0 Å². The maximum atomic E-state index is 13.8. The second-order valence-electron chi connectivity index (χ2n) is 12.1. The first-order valence-electron chi connectivity index (χ1n) is 16.8. The lowest BCUT2D eigenvalue weighted by Crippen LogP contribution is -2.51. The Bertz CT molecular complexity index is 1680. The van der Waals surface area contributed by atoms with Gasteiger partial charge in [0.15, 0.2) is 5.82 Å². The van der Waals surface area contributed by atoms with Crippen molar-refractivity contribution in [1.29, 1.82) is 0 Å². The van der Waals surface area contributed by atoms with E-state index in [9.17, 15) is 9.59 Å². The van der Waals surface area contributed by atoms with E-state index in [0.717, 1.165) is 47.3 Å². The number of likely N-dealkylation sites (N-methyl/N-ethyl adjacent to an activating group) is 1. The van der Waals surface area contributed by atoms with Crippen molar-refractivity contribution >= 4 is 39.6 Å². The molecule has 11 nitrogen and oxygen atoms in total. The number of ether oxygens (including phenoxy) is 3. The van der Waals surface area contributed by atoms with Crippen molar-refractivity contribution in [3.05, 3.63) is 59.9 Å². The molecule has 0 atom stereocenters. The van der Waals surface area contributed by atoms with Crippen molar-refractivity contribution in [2.45, 2.75) is 71.6 Å². The second-order valence-corrected chi connectivity index (χ2v) is 12.1. The number of carbonyl (C=O) groups is 2. The summed E-state index contributed by atoms with van der Waals surface area (Å²) in [5.74, 6) is 1.65. The molecule has 0 aliphatic heterocycles. The Morgan fingerprint density at radius 3 is 2.53 bits per heavy atom.